The highest BCUT2D eigenvalue weighted by Gasteiger charge is 2.16. The summed E-state index contributed by atoms with van der Waals surface area (Å²) in [6.45, 7) is 4.10. The van der Waals surface area contributed by atoms with Crippen molar-refractivity contribution in [1.82, 2.24) is 0 Å². The second kappa shape index (κ2) is 6.41. The van der Waals surface area contributed by atoms with Crippen molar-refractivity contribution in [2.45, 2.75) is 20.0 Å². The van der Waals surface area contributed by atoms with Crippen LogP contribution in [0.25, 0.3) is 0 Å². The second-order valence-corrected chi connectivity index (χ2v) is 6.27. The number of hydrogen-bond donors (Lipinski definition) is 1. The summed E-state index contributed by atoms with van der Waals surface area (Å²) in [5.41, 5.74) is 6.43. The molecule has 0 aromatic heterocycles. The molecule has 22 heavy (non-hydrogen) atoms. The topological polar surface area (TPSA) is 26.7 Å². The van der Waals surface area contributed by atoms with Crippen LogP contribution in [0.3, 0.4) is 0 Å². The van der Waals surface area contributed by atoms with Gasteiger partial charge in [0.2, 0.25) is 0 Å². The van der Waals surface area contributed by atoms with Gasteiger partial charge in [0.05, 0.1) is 0 Å². The Labute approximate surface area is 133 Å². The van der Waals surface area contributed by atoms with Crippen molar-refractivity contribution in [3.05, 3.63) is 58.7 Å². The van der Waals surface area contributed by atoms with Crippen molar-refractivity contribution < 1.29 is 5.11 Å². The molecule has 0 aliphatic heterocycles. The van der Waals surface area contributed by atoms with Gasteiger partial charge in [-0.15, -0.1) is 0 Å². The Morgan fingerprint density at radius 2 is 1.09 bits per heavy atom. The fourth-order valence-electron chi connectivity index (χ4n) is 2.66. The molecule has 0 saturated carbocycles. The molecule has 3 heteroatoms. The minimum atomic E-state index is -0.590. The predicted octanol–water partition coefficient (Wildman–Crippen LogP) is 3.52. The van der Waals surface area contributed by atoms with E-state index in [1.54, 1.807) is 0 Å². The summed E-state index contributed by atoms with van der Waals surface area (Å²) in [5.74, 6) is 0. The third-order valence-electron chi connectivity index (χ3n) is 4.13. The third kappa shape index (κ3) is 3.25. The van der Waals surface area contributed by atoms with Crippen LogP contribution in [0.2, 0.25) is 0 Å². The number of hydrogen-bond acceptors (Lipinski definition) is 3. The number of anilines is 2. The molecule has 3 nitrogen and oxygen atoms in total. The van der Waals surface area contributed by atoms with E-state index in [1.165, 1.54) is 0 Å². The van der Waals surface area contributed by atoms with Gasteiger partial charge in [-0.25, -0.2) is 0 Å². The van der Waals surface area contributed by atoms with Crippen LogP contribution in [-0.2, 0) is 0 Å². The zero-order valence-electron chi connectivity index (χ0n) is 14.4. The minimum absolute atomic E-state index is 0.590. The normalized spacial score (nSPS) is 10.9. The van der Waals surface area contributed by atoms with Gasteiger partial charge in [0.25, 0.3) is 0 Å². The van der Waals surface area contributed by atoms with Crippen molar-refractivity contribution in [2.75, 3.05) is 38.0 Å². The van der Waals surface area contributed by atoms with E-state index in [0.717, 1.165) is 33.6 Å². The molecule has 1 N–H and O–H groups in total. The monoisotopic (exact) mass is 298 g/mol. The van der Waals surface area contributed by atoms with Gasteiger partial charge < -0.3 is 14.9 Å². The molecule has 2 aromatic carbocycles. The summed E-state index contributed by atoms with van der Waals surface area (Å²) >= 11 is 0. The molecule has 0 heterocycles. The van der Waals surface area contributed by atoms with E-state index in [2.05, 4.69) is 47.9 Å². The Kier molecular flexibility index (Phi) is 4.77. The van der Waals surface area contributed by atoms with Crippen molar-refractivity contribution in [3.63, 3.8) is 0 Å². The molecule has 0 spiro atoms. The van der Waals surface area contributed by atoms with Crippen LogP contribution in [-0.4, -0.2) is 33.3 Å². The van der Waals surface area contributed by atoms with Gasteiger partial charge >= 0.3 is 0 Å². The molecule has 2 aromatic rings. The first kappa shape index (κ1) is 16.4. The molecule has 118 valence electrons. The van der Waals surface area contributed by atoms with Crippen LogP contribution in [0.4, 0.5) is 11.4 Å². The Bertz CT molecular complexity index is 605. The summed E-state index contributed by atoms with van der Waals surface area (Å²) < 4.78 is 0. The van der Waals surface area contributed by atoms with Gasteiger partial charge in [-0.2, -0.15) is 0 Å². The Morgan fingerprint density at radius 1 is 0.727 bits per heavy atom. The quantitative estimate of drug-likeness (QED) is 0.935. The molecule has 0 bridgehead atoms. The number of rotatable bonds is 4. The van der Waals surface area contributed by atoms with Gasteiger partial charge in [-0.3, -0.25) is 0 Å². The van der Waals surface area contributed by atoms with E-state index in [-0.39, 0.29) is 0 Å². The van der Waals surface area contributed by atoms with Crippen LogP contribution < -0.4 is 9.80 Å². The average Bonchev–Trinajstić information content (AvgIpc) is 2.46. The van der Waals surface area contributed by atoms with E-state index in [9.17, 15) is 5.11 Å². The van der Waals surface area contributed by atoms with Crippen LogP contribution in [0.1, 0.15) is 28.4 Å². The van der Waals surface area contributed by atoms with E-state index in [4.69, 9.17) is 0 Å². The lowest BCUT2D eigenvalue weighted by Gasteiger charge is -2.21. The maximum atomic E-state index is 10.8. The average molecular weight is 298 g/mol. The van der Waals surface area contributed by atoms with Crippen LogP contribution >= 0.6 is 0 Å². The first-order valence-electron chi connectivity index (χ1n) is 7.55. The number of aryl methyl sites for hydroxylation is 2. The van der Waals surface area contributed by atoms with Crippen LogP contribution in [0.5, 0.6) is 0 Å². The van der Waals surface area contributed by atoms with Gasteiger partial charge in [0.1, 0.15) is 6.10 Å². The molecule has 0 fully saturated rings. The van der Waals surface area contributed by atoms with Crippen molar-refractivity contribution in [3.8, 4) is 0 Å². The largest absolute Gasteiger partial charge is 0.384 e. The summed E-state index contributed by atoms with van der Waals surface area (Å²) in [7, 11) is 8.09. The zero-order valence-corrected chi connectivity index (χ0v) is 14.4. The molecule has 0 radical (unpaired) electrons. The van der Waals surface area contributed by atoms with E-state index >= 15 is 0 Å². The fourth-order valence-corrected chi connectivity index (χ4v) is 2.66. The predicted molar refractivity (Wildman–Crippen MR) is 95.1 cm³/mol. The van der Waals surface area contributed by atoms with E-state index in [1.807, 2.05) is 40.3 Å². The summed E-state index contributed by atoms with van der Waals surface area (Å²) in [6, 6.07) is 12.4. The fraction of sp³-hybridized carbons (Fsp3) is 0.368. The van der Waals surface area contributed by atoms with Crippen molar-refractivity contribution >= 4 is 11.4 Å². The highest BCUT2D eigenvalue weighted by Crippen LogP contribution is 2.30. The number of aliphatic hydroxyl groups is 1. The lowest BCUT2D eigenvalue weighted by atomic mass is 9.94. The van der Waals surface area contributed by atoms with Crippen LogP contribution in [0.15, 0.2) is 36.4 Å². The van der Waals surface area contributed by atoms with E-state index in [0.29, 0.717) is 0 Å². The zero-order chi connectivity index (χ0) is 16.4. The Hall–Kier alpha value is -2.00. The second-order valence-electron chi connectivity index (χ2n) is 6.27. The number of benzene rings is 2. The summed E-state index contributed by atoms with van der Waals surface area (Å²) in [4.78, 5) is 4.14. The molecular weight excluding hydrogens is 272 g/mol. The third-order valence-corrected chi connectivity index (χ3v) is 4.13. The number of aliphatic hydroxyl groups excluding tert-OH is 1. The van der Waals surface area contributed by atoms with Gasteiger partial charge in [-0.05, 0) is 60.4 Å². The molecule has 0 amide bonds. The van der Waals surface area contributed by atoms with Gasteiger partial charge in [0, 0.05) is 39.6 Å². The molecule has 0 saturated heterocycles. The Morgan fingerprint density at radius 3 is 1.36 bits per heavy atom. The van der Waals surface area contributed by atoms with Gasteiger partial charge in [-0.1, -0.05) is 12.1 Å². The first-order valence-corrected chi connectivity index (χ1v) is 7.55. The first-order chi connectivity index (χ1) is 10.3. The van der Waals surface area contributed by atoms with Crippen molar-refractivity contribution in [2.24, 2.45) is 0 Å². The smallest absolute Gasteiger partial charge is 0.105 e. The molecule has 0 atom stereocenters. The maximum Gasteiger partial charge on any atom is 0.105 e. The summed E-state index contributed by atoms with van der Waals surface area (Å²) in [5, 5.41) is 10.8. The molecule has 0 aliphatic carbocycles. The lowest BCUT2D eigenvalue weighted by Crippen LogP contribution is -2.11. The minimum Gasteiger partial charge on any atom is -0.384 e. The summed E-state index contributed by atoms with van der Waals surface area (Å²) in [6.07, 6.45) is -0.590. The molecule has 0 unspecified atom stereocenters. The van der Waals surface area contributed by atoms with E-state index < -0.39 is 6.10 Å². The Balaban J connectivity index is 2.38. The lowest BCUT2D eigenvalue weighted by molar-refractivity contribution is 0.219. The van der Waals surface area contributed by atoms with Crippen LogP contribution in [0, 0.1) is 13.8 Å². The molecule has 0 aliphatic rings. The maximum absolute atomic E-state index is 10.8. The highest BCUT2D eigenvalue weighted by atomic mass is 16.3. The molecule has 2 rings (SSSR count). The standard InChI is InChI=1S/C19H26N2O/c1-13-11-15(20(3)4)7-9-17(13)19(22)18-10-8-16(21(5)6)12-14(18)2/h7-12,19,22H,1-6H3. The number of nitrogens with zero attached hydrogens (tertiary/aromatic N) is 2. The molecular formula is C19H26N2O. The highest BCUT2D eigenvalue weighted by molar-refractivity contribution is 5.54. The SMILES string of the molecule is Cc1cc(N(C)C)ccc1C(O)c1ccc(N(C)C)cc1C. The van der Waals surface area contributed by atoms with Crippen molar-refractivity contribution in [1.29, 1.82) is 0 Å². The van der Waals surface area contributed by atoms with Gasteiger partial charge in [0.15, 0.2) is 0 Å².